The summed E-state index contributed by atoms with van der Waals surface area (Å²) >= 11 is 5.91. The highest BCUT2D eigenvalue weighted by molar-refractivity contribution is 6.30. The fourth-order valence-corrected chi connectivity index (χ4v) is 3.64. The molecular weight excluding hydrogens is 350 g/mol. The van der Waals surface area contributed by atoms with E-state index in [0.29, 0.717) is 16.5 Å². The largest absolute Gasteiger partial charge is 0.339 e. The number of piperidine rings is 1. The van der Waals surface area contributed by atoms with Crippen LogP contribution in [0.2, 0.25) is 5.02 Å². The van der Waals surface area contributed by atoms with Crippen LogP contribution in [0.1, 0.15) is 47.7 Å². The van der Waals surface area contributed by atoms with Gasteiger partial charge in [-0.25, -0.2) is 0 Å². The molecule has 3 rings (SSSR count). The van der Waals surface area contributed by atoms with Gasteiger partial charge in [0, 0.05) is 36.1 Å². The number of nitrogens with zero attached hydrogens (tertiary/aromatic N) is 5. The van der Waals surface area contributed by atoms with Crippen LogP contribution < -0.4 is 0 Å². The molecule has 0 spiro atoms. The molecule has 0 saturated carbocycles. The third-order valence-electron chi connectivity index (χ3n) is 4.87. The van der Waals surface area contributed by atoms with Crippen molar-refractivity contribution in [2.75, 3.05) is 27.2 Å². The highest BCUT2D eigenvalue weighted by Gasteiger charge is 2.28. The lowest BCUT2D eigenvalue weighted by atomic mass is 9.95. The predicted molar refractivity (Wildman–Crippen MR) is 102 cm³/mol. The van der Waals surface area contributed by atoms with Gasteiger partial charge in [-0.3, -0.25) is 4.79 Å². The van der Waals surface area contributed by atoms with Gasteiger partial charge in [-0.1, -0.05) is 11.6 Å². The molecule has 1 fully saturated rings. The average Bonchev–Trinajstić information content (AvgIpc) is 3.03. The van der Waals surface area contributed by atoms with Crippen molar-refractivity contribution in [2.24, 2.45) is 0 Å². The van der Waals surface area contributed by atoms with Gasteiger partial charge < -0.3 is 14.4 Å². The number of benzene rings is 1. The van der Waals surface area contributed by atoms with Crippen LogP contribution in [0.3, 0.4) is 0 Å². The van der Waals surface area contributed by atoms with Crippen molar-refractivity contribution in [1.82, 2.24) is 24.6 Å². The Bertz CT molecular complexity index is 748. The summed E-state index contributed by atoms with van der Waals surface area (Å²) in [6.07, 6.45) is 1.83. The van der Waals surface area contributed by atoms with Gasteiger partial charge >= 0.3 is 0 Å². The van der Waals surface area contributed by atoms with Gasteiger partial charge in [-0.2, -0.15) is 0 Å². The second kappa shape index (κ2) is 8.18. The smallest absolute Gasteiger partial charge is 0.253 e. The van der Waals surface area contributed by atoms with Crippen LogP contribution in [-0.2, 0) is 13.1 Å². The molecule has 1 amide bonds. The van der Waals surface area contributed by atoms with E-state index in [-0.39, 0.29) is 5.91 Å². The van der Waals surface area contributed by atoms with Crippen LogP contribution in [-0.4, -0.2) is 57.7 Å². The molecule has 0 unspecified atom stereocenters. The molecule has 0 N–H and O–H groups in total. The lowest BCUT2D eigenvalue weighted by Gasteiger charge is -2.31. The Kier molecular flexibility index (Phi) is 5.94. The van der Waals surface area contributed by atoms with Crippen molar-refractivity contribution in [1.29, 1.82) is 0 Å². The number of hydrogen-bond donors (Lipinski definition) is 0. The van der Waals surface area contributed by atoms with Crippen molar-refractivity contribution < 1.29 is 4.79 Å². The van der Waals surface area contributed by atoms with E-state index in [9.17, 15) is 4.79 Å². The number of rotatable bonds is 5. The Morgan fingerprint density at radius 2 is 1.85 bits per heavy atom. The summed E-state index contributed by atoms with van der Waals surface area (Å²) in [5, 5.41) is 9.51. The molecule has 0 aliphatic carbocycles. The minimum Gasteiger partial charge on any atom is -0.339 e. The topological polar surface area (TPSA) is 54.3 Å². The number of aromatic nitrogens is 3. The van der Waals surface area contributed by atoms with E-state index >= 15 is 0 Å². The first-order chi connectivity index (χ1) is 12.5. The maximum absolute atomic E-state index is 12.6. The van der Waals surface area contributed by atoms with E-state index in [0.717, 1.165) is 50.7 Å². The molecule has 1 aromatic carbocycles. The lowest BCUT2D eigenvalue weighted by molar-refractivity contribution is 0.0710. The number of hydrogen-bond acceptors (Lipinski definition) is 4. The molecule has 2 heterocycles. The molecule has 6 nitrogen and oxygen atoms in total. The van der Waals surface area contributed by atoms with Gasteiger partial charge in [0.2, 0.25) is 0 Å². The number of carbonyl (C=O) groups is 1. The number of amides is 1. The van der Waals surface area contributed by atoms with E-state index in [2.05, 4.69) is 26.6 Å². The highest BCUT2D eigenvalue weighted by Crippen LogP contribution is 2.28. The zero-order valence-electron chi connectivity index (χ0n) is 15.7. The fraction of sp³-hybridized carbons (Fsp3) is 0.526. The van der Waals surface area contributed by atoms with E-state index < -0.39 is 0 Å². The van der Waals surface area contributed by atoms with Gasteiger partial charge in [-0.15, -0.1) is 10.2 Å². The predicted octanol–water partition coefficient (Wildman–Crippen LogP) is 3.03. The van der Waals surface area contributed by atoms with Gasteiger partial charge in [0.1, 0.15) is 11.6 Å². The van der Waals surface area contributed by atoms with Crippen molar-refractivity contribution >= 4 is 17.5 Å². The first kappa shape index (κ1) is 18.9. The summed E-state index contributed by atoms with van der Waals surface area (Å²) in [6.45, 7) is 5.27. The van der Waals surface area contributed by atoms with Gasteiger partial charge in [0.15, 0.2) is 0 Å². The van der Waals surface area contributed by atoms with Gasteiger partial charge in [-0.05, 0) is 58.1 Å². The maximum atomic E-state index is 12.6. The summed E-state index contributed by atoms with van der Waals surface area (Å²) in [4.78, 5) is 16.7. The van der Waals surface area contributed by atoms with E-state index in [4.69, 9.17) is 11.6 Å². The normalized spacial score (nSPS) is 15.7. The molecule has 26 heavy (non-hydrogen) atoms. The van der Waals surface area contributed by atoms with Gasteiger partial charge in [0.05, 0.1) is 6.54 Å². The molecule has 1 aliphatic heterocycles. The van der Waals surface area contributed by atoms with E-state index in [1.54, 1.807) is 24.3 Å². The fourth-order valence-electron chi connectivity index (χ4n) is 3.51. The number of likely N-dealkylation sites (tertiary alicyclic amines) is 1. The molecule has 0 bridgehead atoms. The molecule has 1 aliphatic rings. The van der Waals surface area contributed by atoms with Crippen molar-refractivity contribution in [3.8, 4) is 0 Å². The van der Waals surface area contributed by atoms with Crippen LogP contribution >= 0.6 is 11.6 Å². The summed E-state index contributed by atoms with van der Waals surface area (Å²) in [5.74, 6) is 2.49. The molecule has 7 heteroatoms. The summed E-state index contributed by atoms with van der Waals surface area (Å²) in [7, 11) is 4.07. The monoisotopic (exact) mass is 375 g/mol. The van der Waals surface area contributed by atoms with Crippen LogP contribution in [0.15, 0.2) is 24.3 Å². The van der Waals surface area contributed by atoms with Gasteiger partial charge in [0.25, 0.3) is 5.91 Å². The molecule has 2 aromatic rings. The Morgan fingerprint density at radius 1 is 1.19 bits per heavy atom. The van der Waals surface area contributed by atoms with Crippen LogP contribution in [0.25, 0.3) is 0 Å². The number of halogens is 1. The Hall–Kier alpha value is -1.92. The first-order valence-corrected chi connectivity index (χ1v) is 9.49. The lowest BCUT2D eigenvalue weighted by Crippen LogP contribution is -2.38. The van der Waals surface area contributed by atoms with Crippen molar-refractivity contribution in [3.05, 3.63) is 46.5 Å². The second-order valence-electron chi connectivity index (χ2n) is 7.03. The quantitative estimate of drug-likeness (QED) is 0.806. The van der Waals surface area contributed by atoms with Crippen molar-refractivity contribution in [2.45, 2.75) is 38.8 Å². The average molecular weight is 376 g/mol. The minimum atomic E-state index is 0.0744. The molecular formula is C19H26ClN5O. The highest BCUT2D eigenvalue weighted by atomic mass is 35.5. The molecule has 0 radical (unpaired) electrons. The molecule has 1 aromatic heterocycles. The first-order valence-electron chi connectivity index (χ1n) is 9.11. The minimum absolute atomic E-state index is 0.0744. The maximum Gasteiger partial charge on any atom is 0.253 e. The zero-order valence-corrected chi connectivity index (χ0v) is 16.4. The Morgan fingerprint density at radius 3 is 2.42 bits per heavy atom. The summed E-state index contributed by atoms with van der Waals surface area (Å²) < 4.78 is 2.22. The van der Waals surface area contributed by atoms with Crippen molar-refractivity contribution in [3.63, 3.8) is 0 Å². The second-order valence-corrected chi connectivity index (χ2v) is 7.47. The molecule has 0 atom stereocenters. The van der Waals surface area contributed by atoms with Crippen LogP contribution in [0.5, 0.6) is 0 Å². The standard InChI is InChI=1S/C19H26ClN5O/c1-4-25-17(13-23(2)3)21-22-18(25)14-9-11-24(12-10-14)19(26)15-5-7-16(20)8-6-15/h5-8,14H,4,9-13H2,1-3H3. The summed E-state index contributed by atoms with van der Waals surface area (Å²) in [6, 6.07) is 7.10. The molecule has 140 valence electrons. The molecule has 1 saturated heterocycles. The summed E-state index contributed by atoms with van der Waals surface area (Å²) in [5.41, 5.74) is 0.692. The third-order valence-corrected chi connectivity index (χ3v) is 5.12. The van der Waals surface area contributed by atoms with E-state index in [1.165, 1.54) is 0 Å². The third kappa shape index (κ3) is 4.07. The van der Waals surface area contributed by atoms with Crippen LogP contribution in [0.4, 0.5) is 0 Å². The SMILES string of the molecule is CCn1c(CN(C)C)nnc1C1CCN(C(=O)c2ccc(Cl)cc2)CC1. The Balaban J connectivity index is 1.66. The van der Waals surface area contributed by atoms with Crippen LogP contribution in [0, 0.1) is 0 Å². The van der Waals surface area contributed by atoms with E-state index in [1.807, 2.05) is 19.0 Å². The number of carbonyl (C=O) groups excluding carboxylic acids is 1. The Labute approximate surface area is 159 Å². The zero-order chi connectivity index (χ0) is 18.7.